The first-order chi connectivity index (χ1) is 11.2. The van der Waals surface area contributed by atoms with Crippen molar-refractivity contribution >= 4 is 16.6 Å². The highest BCUT2D eigenvalue weighted by molar-refractivity contribution is 6.08. The molecule has 0 bridgehead atoms. The molecule has 1 saturated carbocycles. The van der Waals surface area contributed by atoms with Gasteiger partial charge in [-0.15, -0.1) is 0 Å². The van der Waals surface area contributed by atoms with Gasteiger partial charge in [0.15, 0.2) is 5.78 Å². The highest BCUT2D eigenvalue weighted by atomic mass is 16.5. The van der Waals surface area contributed by atoms with Gasteiger partial charge in [-0.25, -0.2) is 0 Å². The molecule has 0 aromatic heterocycles. The van der Waals surface area contributed by atoms with Crippen molar-refractivity contribution in [1.82, 2.24) is 0 Å². The summed E-state index contributed by atoms with van der Waals surface area (Å²) in [5, 5.41) is 2.17. The van der Waals surface area contributed by atoms with Gasteiger partial charge in [-0.05, 0) is 23.6 Å². The Morgan fingerprint density at radius 3 is 2.35 bits per heavy atom. The van der Waals surface area contributed by atoms with Gasteiger partial charge in [-0.3, -0.25) is 4.79 Å². The van der Waals surface area contributed by atoms with Crippen molar-refractivity contribution in [2.24, 2.45) is 0 Å². The first kappa shape index (κ1) is 17.7. The number of carbonyl (C=O) groups is 1. The van der Waals surface area contributed by atoms with Crippen LogP contribution in [0.4, 0.5) is 0 Å². The third kappa shape index (κ3) is 4.00. The molecular formula is C21H28O2. The Labute approximate surface area is 139 Å². The largest absolute Gasteiger partial charge is 0.378 e. The van der Waals surface area contributed by atoms with Crippen LogP contribution in [0.2, 0.25) is 0 Å². The first-order valence-electron chi connectivity index (χ1n) is 8.80. The van der Waals surface area contributed by atoms with Crippen LogP contribution < -0.4 is 0 Å². The van der Waals surface area contributed by atoms with Gasteiger partial charge in [-0.2, -0.15) is 0 Å². The van der Waals surface area contributed by atoms with E-state index >= 15 is 0 Å². The Hall–Kier alpha value is -1.67. The maximum absolute atomic E-state index is 12.8. The van der Waals surface area contributed by atoms with Crippen molar-refractivity contribution in [3.8, 4) is 0 Å². The molecule has 23 heavy (non-hydrogen) atoms. The zero-order valence-corrected chi connectivity index (χ0v) is 14.6. The minimum atomic E-state index is -0.244. The first-order valence-corrected chi connectivity index (χ1v) is 8.80. The molecule has 2 heteroatoms. The number of carbonyl (C=O) groups excluding carboxylic acids is 1. The molecule has 0 amide bonds. The number of rotatable bonds is 4. The molecule has 0 atom stereocenters. The van der Waals surface area contributed by atoms with E-state index in [2.05, 4.69) is 12.1 Å². The van der Waals surface area contributed by atoms with Crippen LogP contribution in [-0.2, 0) is 4.74 Å². The second kappa shape index (κ2) is 8.26. The zero-order chi connectivity index (χ0) is 16.7. The maximum Gasteiger partial charge on any atom is 0.166 e. The predicted octanol–water partition coefficient (Wildman–Crippen LogP) is 5.79. The molecule has 0 heterocycles. The molecule has 0 radical (unpaired) electrons. The monoisotopic (exact) mass is 312 g/mol. The van der Waals surface area contributed by atoms with Crippen molar-refractivity contribution in [1.29, 1.82) is 0 Å². The van der Waals surface area contributed by atoms with Crippen LogP contribution in [0.25, 0.3) is 10.8 Å². The number of Topliss-reactive ketones (excluding diaryl/α,β-unsaturated/α-hetero) is 1. The van der Waals surface area contributed by atoms with Gasteiger partial charge in [0, 0.05) is 19.1 Å². The number of methoxy groups -OCH3 is 1. The van der Waals surface area contributed by atoms with Gasteiger partial charge in [0.1, 0.15) is 0 Å². The molecule has 3 rings (SSSR count). The summed E-state index contributed by atoms with van der Waals surface area (Å²) in [6.45, 7) is 4.00. The fourth-order valence-electron chi connectivity index (χ4n) is 3.51. The SMILES string of the molecule is CC.COC1(CC(=O)c2cccc3ccccc23)CCCCC1. The van der Waals surface area contributed by atoms with Gasteiger partial charge in [0.2, 0.25) is 0 Å². The second-order valence-corrected chi connectivity index (χ2v) is 6.07. The normalized spacial score (nSPS) is 16.5. The molecule has 2 aromatic rings. The van der Waals surface area contributed by atoms with Crippen molar-refractivity contribution in [2.45, 2.75) is 58.0 Å². The van der Waals surface area contributed by atoms with Gasteiger partial charge >= 0.3 is 0 Å². The molecule has 2 nitrogen and oxygen atoms in total. The number of benzene rings is 2. The molecule has 1 aliphatic carbocycles. The standard InChI is InChI=1S/C19H22O2.C2H6/c1-21-19(12-5-2-6-13-19)14-18(20)17-11-7-9-15-8-3-4-10-16(15)17;1-2/h3-4,7-11H,2,5-6,12-14H2,1H3;1-2H3. The summed E-state index contributed by atoms with van der Waals surface area (Å²) in [5.41, 5.74) is 0.585. The van der Waals surface area contributed by atoms with E-state index in [0.29, 0.717) is 6.42 Å². The number of ketones is 1. The molecule has 1 aliphatic rings. The van der Waals surface area contributed by atoms with E-state index < -0.39 is 0 Å². The van der Waals surface area contributed by atoms with E-state index in [4.69, 9.17) is 4.74 Å². The third-order valence-corrected chi connectivity index (χ3v) is 4.77. The highest BCUT2D eigenvalue weighted by Gasteiger charge is 2.34. The fourth-order valence-corrected chi connectivity index (χ4v) is 3.51. The van der Waals surface area contributed by atoms with Crippen LogP contribution in [0.1, 0.15) is 62.7 Å². The number of fused-ring (bicyclic) bond motifs is 1. The van der Waals surface area contributed by atoms with E-state index in [9.17, 15) is 4.79 Å². The van der Waals surface area contributed by atoms with Gasteiger partial charge < -0.3 is 4.74 Å². The molecule has 0 N–H and O–H groups in total. The van der Waals surface area contributed by atoms with Crippen LogP contribution in [-0.4, -0.2) is 18.5 Å². The van der Waals surface area contributed by atoms with Crippen molar-refractivity contribution in [2.75, 3.05) is 7.11 Å². The van der Waals surface area contributed by atoms with E-state index in [1.165, 1.54) is 6.42 Å². The Kier molecular flexibility index (Phi) is 6.35. The quantitative estimate of drug-likeness (QED) is 0.668. The van der Waals surface area contributed by atoms with Crippen LogP contribution >= 0.6 is 0 Å². The number of ether oxygens (including phenoxy) is 1. The second-order valence-electron chi connectivity index (χ2n) is 6.07. The lowest BCUT2D eigenvalue weighted by Gasteiger charge is -2.35. The smallest absolute Gasteiger partial charge is 0.166 e. The third-order valence-electron chi connectivity index (χ3n) is 4.77. The Morgan fingerprint density at radius 1 is 1.00 bits per heavy atom. The van der Waals surface area contributed by atoms with Crippen LogP contribution in [0.15, 0.2) is 42.5 Å². The van der Waals surface area contributed by atoms with E-state index in [1.54, 1.807) is 7.11 Å². The average Bonchev–Trinajstić information content (AvgIpc) is 2.63. The maximum atomic E-state index is 12.8. The molecule has 0 aliphatic heterocycles. The summed E-state index contributed by atoms with van der Waals surface area (Å²) in [6.07, 6.45) is 6.08. The van der Waals surface area contributed by atoms with Gasteiger partial charge in [-0.1, -0.05) is 75.6 Å². The fraction of sp³-hybridized carbons (Fsp3) is 0.476. The molecule has 2 aromatic carbocycles. The highest BCUT2D eigenvalue weighted by Crippen LogP contribution is 2.35. The predicted molar refractivity (Wildman–Crippen MR) is 97.1 cm³/mol. The lowest BCUT2D eigenvalue weighted by Crippen LogP contribution is -2.36. The van der Waals surface area contributed by atoms with E-state index in [-0.39, 0.29) is 11.4 Å². The molecule has 0 spiro atoms. The van der Waals surface area contributed by atoms with Gasteiger partial charge in [0.05, 0.1) is 5.60 Å². The van der Waals surface area contributed by atoms with E-state index in [1.807, 2.05) is 44.2 Å². The summed E-state index contributed by atoms with van der Waals surface area (Å²) in [7, 11) is 1.75. The number of hydrogen-bond donors (Lipinski definition) is 0. The number of hydrogen-bond acceptors (Lipinski definition) is 2. The average molecular weight is 312 g/mol. The van der Waals surface area contributed by atoms with Crippen LogP contribution in [0.3, 0.4) is 0 Å². The van der Waals surface area contributed by atoms with Crippen molar-refractivity contribution in [3.05, 3.63) is 48.0 Å². The van der Waals surface area contributed by atoms with E-state index in [0.717, 1.165) is 42.0 Å². The summed E-state index contributed by atoms with van der Waals surface area (Å²) in [6, 6.07) is 14.0. The molecule has 0 saturated heterocycles. The Morgan fingerprint density at radius 2 is 1.65 bits per heavy atom. The summed E-state index contributed by atoms with van der Waals surface area (Å²) in [5.74, 6) is 0.204. The zero-order valence-electron chi connectivity index (χ0n) is 14.6. The van der Waals surface area contributed by atoms with Gasteiger partial charge in [0.25, 0.3) is 0 Å². The Bertz CT molecular complexity index is 634. The molecular weight excluding hydrogens is 284 g/mol. The summed E-state index contributed by atoms with van der Waals surface area (Å²) >= 11 is 0. The van der Waals surface area contributed by atoms with Crippen molar-refractivity contribution in [3.63, 3.8) is 0 Å². The van der Waals surface area contributed by atoms with Crippen LogP contribution in [0.5, 0.6) is 0 Å². The van der Waals surface area contributed by atoms with Crippen molar-refractivity contribution < 1.29 is 9.53 Å². The molecule has 1 fully saturated rings. The molecule has 0 unspecified atom stereocenters. The topological polar surface area (TPSA) is 26.3 Å². The summed E-state index contributed by atoms with van der Waals surface area (Å²) in [4.78, 5) is 12.8. The lowest BCUT2D eigenvalue weighted by molar-refractivity contribution is -0.0394. The minimum absolute atomic E-state index is 0.204. The van der Waals surface area contributed by atoms with Crippen LogP contribution in [0, 0.1) is 0 Å². The minimum Gasteiger partial charge on any atom is -0.378 e. The summed E-state index contributed by atoms with van der Waals surface area (Å²) < 4.78 is 5.76. The molecule has 124 valence electrons. The Balaban J connectivity index is 0.000000924. The lowest BCUT2D eigenvalue weighted by atomic mass is 9.80.